The number of halogens is 2. The summed E-state index contributed by atoms with van der Waals surface area (Å²) in [5.74, 6) is -0.454. The smallest absolute Gasteiger partial charge is 0.255 e. The lowest BCUT2D eigenvalue weighted by Gasteiger charge is -2.30. The zero-order valence-electron chi connectivity index (χ0n) is 17.4. The quantitative estimate of drug-likeness (QED) is 0.637. The van der Waals surface area contributed by atoms with Crippen molar-refractivity contribution in [3.8, 4) is 0 Å². The largest absolute Gasteiger partial charge is 0.378 e. The maximum absolute atomic E-state index is 13.0. The Bertz CT molecular complexity index is 1050. The first-order chi connectivity index (χ1) is 14.8. The van der Waals surface area contributed by atoms with E-state index >= 15 is 0 Å². The number of amides is 1. The number of nitrogens with zero attached hydrogens (tertiary/aromatic N) is 2. The van der Waals surface area contributed by atoms with Crippen molar-refractivity contribution in [3.05, 3.63) is 52.0 Å². The van der Waals surface area contributed by atoms with Crippen LogP contribution in [0.3, 0.4) is 0 Å². The van der Waals surface area contributed by atoms with E-state index in [1.807, 2.05) is 6.07 Å². The molecule has 2 aromatic rings. The van der Waals surface area contributed by atoms with Crippen molar-refractivity contribution in [2.75, 3.05) is 49.6 Å². The highest BCUT2D eigenvalue weighted by Crippen LogP contribution is 2.31. The fraction of sp³-hybridized carbons (Fsp3) is 0.381. The first-order valence-electron chi connectivity index (χ1n) is 10.0. The number of anilines is 2. The van der Waals surface area contributed by atoms with Gasteiger partial charge in [0.15, 0.2) is 0 Å². The Kier molecular flexibility index (Phi) is 7.82. The van der Waals surface area contributed by atoms with E-state index < -0.39 is 15.9 Å². The highest BCUT2D eigenvalue weighted by atomic mass is 35.5. The summed E-state index contributed by atoms with van der Waals surface area (Å²) in [6, 6.07) is 9.52. The number of hydrogen-bond donors (Lipinski definition) is 1. The molecule has 10 heteroatoms. The second-order valence-corrected chi connectivity index (χ2v) is 9.70. The zero-order chi connectivity index (χ0) is 22.6. The molecular formula is C21H25Cl2N3O4S. The van der Waals surface area contributed by atoms with Crippen molar-refractivity contribution in [2.45, 2.75) is 18.7 Å². The number of benzene rings is 2. The van der Waals surface area contributed by atoms with Crippen molar-refractivity contribution < 1.29 is 17.9 Å². The Balaban J connectivity index is 1.92. The molecule has 0 radical (unpaired) electrons. The summed E-state index contributed by atoms with van der Waals surface area (Å²) in [4.78, 5) is 15.0. The molecule has 168 valence electrons. The van der Waals surface area contributed by atoms with Crippen LogP contribution >= 0.6 is 23.2 Å². The molecule has 1 aliphatic heterocycles. The molecule has 7 nitrogen and oxygen atoms in total. The molecule has 1 heterocycles. The van der Waals surface area contributed by atoms with Crippen molar-refractivity contribution in [1.82, 2.24) is 4.31 Å². The van der Waals surface area contributed by atoms with Gasteiger partial charge in [0.25, 0.3) is 5.91 Å². The minimum Gasteiger partial charge on any atom is -0.378 e. The molecular weight excluding hydrogens is 461 g/mol. The van der Waals surface area contributed by atoms with Gasteiger partial charge in [0, 0.05) is 36.8 Å². The number of nitrogens with one attached hydrogen (secondary N) is 1. The van der Waals surface area contributed by atoms with E-state index in [-0.39, 0.29) is 15.5 Å². The number of carbonyl (C=O) groups is 1. The molecule has 0 atom stereocenters. The molecule has 0 aliphatic carbocycles. The average molecular weight is 486 g/mol. The average Bonchev–Trinajstić information content (AvgIpc) is 2.75. The summed E-state index contributed by atoms with van der Waals surface area (Å²) >= 11 is 12.3. The second-order valence-electron chi connectivity index (χ2n) is 6.95. The highest BCUT2D eigenvalue weighted by molar-refractivity contribution is 7.89. The summed E-state index contributed by atoms with van der Waals surface area (Å²) in [5, 5.41) is 3.41. The van der Waals surface area contributed by atoms with Crippen LogP contribution in [0.4, 0.5) is 11.4 Å². The third-order valence-corrected chi connectivity index (χ3v) is 7.84. The first-order valence-corrected chi connectivity index (χ1v) is 12.2. The predicted octanol–water partition coefficient (Wildman–Crippen LogP) is 4.11. The summed E-state index contributed by atoms with van der Waals surface area (Å²) in [6.07, 6.45) is 0. The number of ether oxygens (including phenoxy) is 1. The molecule has 0 saturated carbocycles. The van der Waals surface area contributed by atoms with E-state index in [2.05, 4.69) is 10.2 Å². The van der Waals surface area contributed by atoms with Crippen LogP contribution in [0.15, 0.2) is 41.3 Å². The minimum absolute atomic E-state index is 0.0696. The fourth-order valence-corrected chi connectivity index (χ4v) is 5.56. The lowest BCUT2D eigenvalue weighted by molar-refractivity contribution is 0.102. The van der Waals surface area contributed by atoms with E-state index in [4.69, 9.17) is 27.9 Å². The van der Waals surface area contributed by atoms with Crippen LogP contribution in [0, 0.1) is 0 Å². The molecule has 3 rings (SSSR count). The Labute approximate surface area is 192 Å². The van der Waals surface area contributed by atoms with Crippen molar-refractivity contribution in [2.24, 2.45) is 0 Å². The Morgan fingerprint density at radius 3 is 2.42 bits per heavy atom. The lowest BCUT2D eigenvalue weighted by atomic mass is 10.2. The van der Waals surface area contributed by atoms with Crippen LogP contribution in [0.2, 0.25) is 10.0 Å². The number of hydrogen-bond acceptors (Lipinski definition) is 5. The van der Waals surface area contributed by atoms with Gasteiger partial charge in [0.2, 0.25) is 10.0 Å². The van der Waals surface area contributed by atoms with E-state index in [0.717, 1.165) is 5.69 Å². The molecule has 0 unspecified atom stereocenters. The molecule has 31 heavy (non-hydrogen) atoms. The first kappa shape index (κ1) is 23.8. The van der Waals surface area contributed by atoms with Crippen molar-refractivity contribution in [1.29, 1.82) is 0 Å². The van der Waals surface area contributed by atoms with E-state index in [0.29, 0.717) is 50.1 Å². The molecule has 1 N–H and O–H groups in total. The van der Waals surface area contributed by atoms with Crippen LogP contribution < -0.4 is 10.2 Å². The Morgan fingerprint density at radius 1 is 1.10 bits per heavy atom. The number of carbonyl (C=O) groups excluding carboxylic acids is 1. The topological polar surface area (TPSA) is 79.0 Å². The number of sulfonamides is 1. The normalized spacial score (nSPS) is 14.7. The van der Waals surface area contributed by atoms with Crippen LogP contribution in [0.25, 0.3) is 0 Å². The Hall–Kier alpha value is -1.84. The Morgan fingerprint density at radius 2 is 1.77 bits per heavy atom. The molecule has 2 aromatic carbocycles. The van der Waals surface area contributed by atoms with Crippen molar-refractivity contribution >= 4 is 50.5 Å². The van der Waals surface area contributed by atoms with Crippen LogP contribution in [0.1, 0.15) is 24.2 Å². The van der Waals surface area contributed by atoms with E-state index in [1.54, 1.807) is 26.0 Å². The predicted molar refractivity (Wildman–Crippen MR) is 124 cm³/mol. The number of morpholine rings is 1. The third kappa shape index (κ3) is 5.32. The van der Waals surface area contributed by atoms with Crippen molar-refractivity contribution in [3.63, 3.8) is 0 Å². The van der Waals surface area contributed by atoms with Crippen LogP contribution in [-0.4, -0.2) is 58.0 Å². The molecule has 1 fully saturated rings. The van der Waals surface area contributed by atoms with E-state index in [9.17, 15) is 13.2 Å². The lowest BCUT2D eigenvalue weighted by Crippen LogP contribution is -2.36. The highest BCUT2D eigenvalue weighted by Gasteiger charge is 2.26. The standard InChI is InChI=1S/C21H25Cl2N3O4S/c1-3-26(4-2)31(28,29)20-13-15(5-7-17(20)23)21(27)24-18-14-16(22)6-8-19(18)25-9-11-30-12-10-25/h5-8,13-14H,3-4,9-12H2,1-2H3,(H,24,27). The molecule has 1 aliphatic rings. The van der Waals surface area contributed by atoms with E-state index in [1.165, 1.54) is 22.5 Å². The molecule has 1 saturated heterocycles. The maximum Gasteiger partial charge on any atom is 0.255 e. The van der Waals surface area contributed by atoms with Gasteiger partial charge >= 0.3 is 0 Å². The van der Waals surface area contributed by atoms with Gasteiger partial charge in [-0.1, -0.05) is 37.0 Å². The SMILES string of the molecule is CCN(CC)S(=O)(=O)c1cc(C(=O)Nc2cc(Cl)ccc2N2CCOCC2)ccc1Cl. The minimum atomic E-state index is -3.81. The van der Waals surface area contributed by atoms with Crippen LogP contribution in [0.5, 0.6) is 0 Å². The summed E-state index contributed by atoms with van der Waals surface area (Å²) in [7, 11) is -3.81. The van der Waals surface area contributed by atoms with Gasteiger partial charge in [0.05, 0.1) is 29.6 Å². The van der Waals surface area contributed by atoms with Crippen LogP contribution in [-0.2, 0) is 14.8 Å². The third-order valence-electron chi connectivity index (χ3n) is 5.08. The van der Waals surface area contributed by atoms with Gasteiger partial charge in [-0.15, -0.1) is 0 Å². The van der Waals surface area contributed by atoms with Gasteiger partial charge in [0.1, 0.15) is 4.90 Å². The molecule has 1 amide bonds. The second kappa shape index (κ2) is 10.2. The molecule has 0 aromatic heterocycles. The summed E-state index contributed by atoms with van der Waals surface area (Å²) < 4.78 is 32.6. The van der Waals surface area contributed by atoms with Gasteiger partial charge in [-0.3, -0.25) is 4.79 Å². The summed E-state index contributed by atoms with van der Waals surface area (Å²) in [5.41, 5.74) is 1.55. The molecule has 0 spiro atoms. The maximum atomic E-state index is 13.0. The van der Waals surface area contributed by atoms with Gasteiger partial charge in [-0.2, -0.15) is 4.31 Å². The summed E-state index contributed by atoms with van der Waals surface area (Å²) in [6.45, 7) is 6.68. The monoisotopic (exact) mass is 485 g/mol. The van der Waals surface area contributed by atoms with Gasteiger partial charge in [-0.05, 0) is 36.4 Å². The van der Waals surface area contributed by atoms with Gasteiger partial charge in [-0.25, -0.2) is 8.42 Å². The number of rotatable bonds is 7. The zero-order valence-corrected chi connectivity index (χ0v) is 19.7. The van der Waals surface area contributed by atoms with Gasteiger partial charge < -0.3 is 15.0 Å². The fourth-order valence-electron chi connectivity index (χ4n) is 3.43. The molecule has 0 bridgehead atoms.